The van der Waals surface area contributed by atoms with Gasteiger partial charge in [0.1, 0.15) is 5.82 Å². The number of aromatic nitrogens is 1. The van der Waals surface area contributed by atoms with Crippen molar-refractivity contribution in [3.63, 3.8) is 0 Å². The summed E-state index contributed by atoms with van der Waals surface area (Å²) in [5, 5.41) is 1.87. The van der Waals surface area contributed by atoms with Crippen LogP contribution in [0.2, 0.25) is 5.02 Å². The van der Waals surface area contributed by atoms with Crippen LogP contribution in [0.15, 0.2) is 54.6 Å². The lowest BCUT2D eigenvalue weighted by Crippen LogP contribution is -2.10. The normalized spacial score (nSPS) is 10.8. The number of halogens is 1. The quantitative estimate of drug-likeness (QED) is 0.682. The zero-order valence-corrected chi connectivity index (χ0v) is 12.2. The predicted molar refractivity (Wildman–Crippen MR) is 86.5 cm³/mol. The average Bonchev–Trinajstić information content (AvgIpc) is 2.46. The molecule has 0 aliphatic heterocycles. The Morgan fingerprint density at radius 2 is 1.60 bits per heavy atom. The summed E-state index contributed by atoms with van der Waals surface area (Å²) in [7, 11) is 3.99. The van der Waals surface area contributed by atoms with Crippen LogP contribution in [0.4, 0.5) is 5.82 Å². The van der Waals surface area contributed by atoms with Gasteiger partial charge in [-0.3, -0.25) is 0 Å². The van der Waals surface area contributed by atoms with Gasteiger partial charge in [0.05, 0.1) is 5.52 Å². The van der Waals surface area contributed by atoms with Crippen molar-refractivity contribution in [1.82, 2.24) is 4.98 Å². The lowest BCUT2D eigenvalue weighted by molar-refractivity contribution is 1.08. The van der Waals surface area contributed by atoms with Crippen molar-refractivity contribution in [2.45, 2.75) is 0 Å². The summed E-state index contributed by atoms with van der Waals surface area (Å²) in [6.07, 6.45) is 0. The van der Waals surface area contributed by atoms with E-state index >= 15 is 0 Å². The molecular weight excluding hydrogens is 268 g/mol. The molecule has 2 aromatic carbocycles. The summed E-state index contributed by atoms with van der Waals surface area (Å²) in [6, 6.07) is 18.1. The number of fused-ring (bicyclic) bond motifs is 1. The zero-order valence-electron chi connectivity index (χ0n) is 11.5. The highest BCUT2D eigenvalue weighted by molar-refractivity contribution is 6.33. The Bertz CT molecular complexity index is 766. The Morgan fingerprint density at radius 3 is 2.35 bits per heavy atom. The van der Waals surface area contributed by atoms with Gasteiger partial charge in [0.2, 0.25) is 0 Å². The van der Waals surface area contributed by atoms with E-state index in [1.165, 1.54) is 0 Å². The number of para-hydroxylation sites is 1. The van der Waals surface area contributed by atoms with Gasteiger partial charge in [-0.05, 0) is 23.8 Å². The third-order valence-corrected chi connectivity index (χ3v) is 3.65. The van der Waals surface area contributed by atoms with Crippen molar-refractivity contribution >= 4 is 28.3 Å². The second-order valence-corrected chi connectivity index (χ2v) is 5.33. The van der Waals surface area contributed by atoms with Gasteiger partial charge < -0.3 is 4.90 Å². The number of nitrogens with zero attached hydrogens (tertiary/aromatic N) is 2. The molecule has 0 aliphatic carbocycles. The van der Waals surface area contributed by atoms with Gasteiger partial charge in [0.15, 0.2) is 0 Å². The van der Waals surface area contributed by atoms with Gasteiger partial charge >= 0.3 is 0 Å². The van der Waals surface area contributed by atoms with E-state index in [9.17, 15) is 0 Å². The third-order valence-electron chi connectivity index (χ3n) is 3.32. The topological polar surface area (TPSA) is 16.1 Å². The van der Waals surface area contributed by atoms with E-state index in [1.54, 1.807) is 0 Å². The van der Waals surface area contributed by atoms with Crippen LogP contribution in [0.5, 0.6) is 0 Å². The van der Waals surface area contributed by atoms with Gasteiger partial charge in [0, 0.05) is 30.1 Å². The van der Waals surface area contributed by atoms with E-state index in [-0.39, 0.29) is 0 Å². The molecule has 3 aromatic rings. The van der Waals surface area contributed by atoms with Crippen molar-refractivity contribution in [2.24, 2.45) is 0 Å². The van der Waals surface area contributed by atoms with Crippen LogP contribution in [-0.2, 0) is 0 Å². The zero-order chi connectivity index (χ0) is 14.1. The van der Waals surface area contributed by atoms with Crippen LogP contribution in [0.1, 0.15) is 0 Å². The minimum absolute atomic E-state index is 0.758. The maximum Gasteiger partial charge on any atom is 0.129 e. The molecule has 0 spiro atoms. The van der Waals surface area contributed by atoms with Crippen molar-refractivity contribution in [3.05, 3.63) is 59.6 Å². The Balaban J connectivity index is 2.36. The number of hydrogen-bond acceptors (Lipinski definition) is 2. The Morgan fingerprint density at radius 1 is 0.900 bits per heavy atom. The Labute approximate surface area is 123 Å². The molecule has 3 heteroatoms. The molecule has 1 aromatic heterocycles. The number of rotatable bonds is 2. The average molecular weight is 283 g/mol. The highest BCUT2D eigenvalue weighted by atomic mass is 35.5. The number of anilines is 1. The summed E-state index contributed by atoms with van der Waals surface area (Å²) in [5.41, 5.74) is 3.13. The summed E-state index contributed by atoms with van der Waals surface area (Å²) in [4.78, 5) is 6.68. The summed E-state index contributed by atoms with van der Waals surface area (Å²) < 4.78 is 0. The molecule has 0 atom stereocenters. The molecule has 0 N–H and O–H groups in total. The molecule has 1 heterocycles. The minimum atomic E-state index is 0.758. The van der Waals surface area contributed by atoms with Crippen molar-refractivity contribution < 1.29 is 0 Å². The van der Waals surface area contributed by atoms with Gasteiger partial charge in [-0.15, -0.1) is 0 Å². The molecule has 0 amide bonds. The van der Waals surface area contributed by atoms with Gasteiger partial charge in [-0.1, -0.05) is 48.0 Å². The first-order valence-electron chi connectivity index (χ1n) is 6.49. The standard InChI is InChI=1S/C17H15ClN2/c1-20(2)17-11-14(12-7-3-5-9-15(12)18)13-8-4-6-10-16(13)19-17/h3-11H,1-2H3. The fraction of sp³-hybridized carbons (Fsp3) is 0.118. The third kappa shape index (κ3) is 2.23. The predicted octanol–water partition coefficient (Wildman–Crippen LogP) is 4.62. The molecule has 0 bridgehead atoms. The molecule has 0 saturated heterocycles. The van der Waals surface area contributed by atoms with Gasteiger partial charge in [-0.2, -0.15) is 0 Å². The van der Waals surface area contributed by atoms with Crippen molar-refractivity contribution in [3.8, 4) is 11.1 Å². The summed E-state index contributed by atoms with van der Waals surface area (Å²) in [5.74, 6) is 0.929. The van der Waals surface area contributed by atoms with Crippen LogP contribution >= 0.6 is 11.6 Å². The number of benzene rings is 2. The van der Waals surface area contributed by atoms with E-state index in [0.29, 0.717) is 0 Å². The lowest BCUT2D eigenvalue weighted by Gasteiger charge is -2.15. The Kier molecular flexibility index (Phi) is 3.33. The number of hydrogen-bond donors (Lipinski definition) is 0. The first kappa shape index (κ1) is 12.9. The summed E-state index contributed by atoms with van der Waals surface area (Å²) >= 11 is 6.36. The van der Waals surface area contributed by atoms with Gasteiger partial charge in [0.25, 0.3) is 0 Å². The van der Waals surface area contributed by atoms with E-state index in [2.05, 4.69) is 17.1 Å². The van der Waals surface area contributed by atoms with Crippen molar-refractivity contribution in [2.75, 3.05) is 19.0 Å². The minimum Gasteiger partial charge on any atom is -0.363 e. The highest BCUT2D eigenvalue weighted by Crippen LogP contribution is 2.34. The monoisotopic (exact) mass is 282 g/mol. The Hall–Kier alpha value is -2.06. The maximum absolute atomic E-state index is 6.36. The van der Waals surface area contributed by atoms with E-state index in [0.717, 1.165) is 32.9 Å². The molecule has 2 nitrogen and oxygen atoms in total. The van der Waals surface area contributed by atoms with Crippen LogP contribution in [0, 0.1) is 0 Å². The molecule has 0 saturated carbocycles. The first-order chi connectivity index (χ1) is 9.66. The molecular formula is C17H15ClN2. The van der Waals surface area contributed by atoms with Crippen LogP contribution in [0.25, 0.3) is 22.0 Å². The largest absolute Gasteiger partial charge is 0.363 e. The first-order valence-corrected chi connectivity index (χ1v) is 6.86. The molecule has 0 radical (unpaired) electrons. The van der Waals surface area contributed by atoms with Crippen LogP contribution < -0.4 is 4.90 Å². The molecule has 100 valence electrons. The lowest BCUT2D eigenvalue weighted by atomic mass is 10.0. The van der Waals surface area contributed by atoms with Crippen molar-refractivity contribution in [1.29, 1.82) is 0 Å². The highest BCUT2D eigenvalue weighted by Gasteiger charge is 2.10. The molecule has 3 rings (SSSR count). The smallest absolute Gasteiger partial charge is 0.129 e. The second-order valence-electron chi connectivity index (χ2n) is 4.92. The molecule has 0 fully saturated rings. The molecule has 20 heavy (non-hydrogen) atoms. The van der Waals surface area contributed by atoms with E-state index in [1.807, 2.05) is 61.5 Å². The maximum atomic E-state index is 6.36. The summed E-state index contributed by atoms with van der Waals surface area (Å²) in [6.45, 7) is 0. The van der Waals surface area contributed by atoms with E-state index < -0.39 is 0 Å². The van der Waals surface area contributed by atoms with Crippen LogP contribution in [0.3, 0.4) is 0 Å². The fourth-order valence-corrected chi connectivity index (χ4v) is 2.53. The SMILES string of the molecule is CN(C)c1cc(-c2ccccc2Cl)c2ccccc2n1. The number of pyridine rings is 1. The van der Waals surface area contributed by atoms with Crippen LogP contribution in [-0.4, -0.2) is 19.1 Å². The van der Waals surface area contributed by atoms with E-state index in [4.69, 9.17) is 11.6 Å². The molecule has 0 aliphatic rings. The molecule has 0 unspecified atom stereocenters. The fourth-order valence-electron chi connectivity index (χ4n) is 2.29. The second kappa shape index (κ2) is 5.14. The van der Waals surface area contributed by atoms with Gasteiger partial charge in [-0.25, -0.2) is 4.98 Å².